The van der Waals surface area contributed by atoms with E-state index in [1.54, 1.807) is 26.2 Å². The number of hydrogen-bond donors (Lipinski definition) is 2. The third-order valence-electron chi connectivity index (χ3n) is 19.1. The molecule has 14 heteroatoms. The zero-order valence-electron chi connectivity index (χ0n) is 50.1. The molecule has 14 nitrogen and oxygen atoms in total. The second-order valence-electron chi connectivity index (χ2n) is 24.6. The number of ether oxygens (including phenoxy) is 6. The molecule has 4 fully saturated rings. The maximum Gasteiger partial charge on any atom is 0.407 e. The fourth-order valence-corrected chi connectivity index (χ4v) is 14.4. The normalized spacial score (nSPS) is 24.1. The summed E-state index contributed by atoms with van der Waals surface area (Å²) < 4.78 is 37.8. The minimum atomic E-state index is -0.899. The third kappa shape index (κ3) is 14.0. The van der Waals surface area contributed by atoms with E-state index in [1.807, 2.05) is 87.2 Å². The first-order valence-corrected chi connectivity index (χ1v) is 30.7. The van der Waals surface area contributed by atoms with Gasteiger partial charge >= 0.3 is 6.09 Å². The molecule has 3 aliphatic carbocycles. The van der Waals surface area contributed by atoms with Gasteiger partial charge in [-0.3, -0.25) is 14.4 Å². The molecule has 2 saturated carbocycles. The Labute approximate surface area is 488 Å². The number of amides is 4. The van der Waals surface area contributed by atoms with Crippen molar-refractivity contribution in [2.75, 3.05) is 41.0 Å². The molecule has 5 aliphatic rings. The van der Waals surface area contributed by atoms with Crippen LogP contribution in [0.15, 0.2) is 103 Å². The van der Waals surface area contributed by atoms with Crippen molar-refractivity contribution >= 4 is 23.8 Å². The van der Waals surface area contributed by atoms with Crippen LogP contribution in [0.1, 0.15) is 158 Å². The standard InChI is InChI=1S/C68H92N4O10/c1-10-43(4)63(71(7)67(75)62(42(2)3)70-68(76)80-41-56-54-28-16-14-26-52(54)53-27-15-17-29-55(53)56)58(77-8)38-59(73)72-36-20-30-57(72)64(78-9)44(5)66(74)69-45(6)65(48-21-12-11-13-22-48)82-60-31-19-25-51(81-60)40-79-39-46-32-34-47(35-33-46)61-49-23-18-24-50(61)37-49/h11-17,21-22,26-29,32-35,42-45,49-51,56-58,60-65H,10,18-20,23-25,30-31,36-41H2,1-9H3,(H,69,74)(H,70,76)/t43-,44+,45+,49?,50?,51?,57-,58+,60?,61?,62-,63-,64+,65+/m0/s1. The summed E-state index contributed by atoms with van der Waals surface area (Å²) in [6.07, 6.45) is 7.15. The second kappa shape index (κ2) is 28.3. The predicted octanol–water partition coefficient (Wildman–Crippen LogP) is 11.7. The molecular weight excluding hydrogens is 1030 g/mol. The molecular formula is C68H92N4O10. The lowest BCUT2D eigenvalue weighted by Crippen LogP contribution is -2.58. The van der Waals surface area contributed by atoms with E-state index in [9.17, 15) is 19.2 Å². The molecule has 82 heavy (non-hydrogen) atoms. The van der Waals surface area contributed by atoms with Gasteiger partial charge in [0, 0.05) is 33.7 Å². The van der Waals surface area contributed by atoms with Gasteiger partial charge in [0.15, 0.2) is 6.29 Å². The Balaban J connectivity index is 0.785. The number of carbonyl (C=O) groups excluding carboxylic acids is 4. The number of rotatable bonds is 26. The molecule has 0 aromatic heterocycles. The highest BCUT2D eigenvalue weighted by Crippen LogP contribution is 2.56. The zero-order chi connectivity index (χ0) is 58.0. The predicted molar refractivity (Wildman–Crippen MR) is 318 cm³/mol. The molecule has 13 atom stereocenters. The van der Waals surface area contributed by atoms with Crippen molar-refractivity contribution in [3.05, 3.63) is 131 Å². The van der Waals surface area contributed by atoms with Crippen molar-refractivity contribution in [2.24, 2.45) is 29.6 Å². The first kappa shape index (κ1) is 60.9. The van der Waals surface area contributed by atoms with E-state index in [-0.39, 0.29) is 60.6 Å². The van der Waals surface area contributed by atoms with E-state index in [4.69, 9.17) is 28.4 Å². The van der Waals surface area contributed by atoms with Crippen molar-refractivity contribution < 1.29 is 47.6 Å². The number of likely N-dealkylation sites (tertiary alicyclic amines) is 1. The Kier molecular flexibility index (Phi) is 21.0. The lowest BCUT2D eigenvalue weighted by molar-refractivity contribution is -0.229. The molecule has 2 heterocycles. The Morgan fingerprint density at radius 3 is 2.04 bits per heavy atom. The largest absolute Gasteiger partial charge is 0.449 e. The number of benzene rings is 4. The Morgan fingerprint density at radius 1 is 0.744 bits per heavy atom. The lowest BCUT2D eigenvalue weighted by atomic mass is 9.55. The molecule has 9 rings (SSSR count). The number of carbonyl (C=O) groups is 4. The molecule has 4 unspecified atom stereocenters. The molecule has 2 N–H and O–H groups in total. The van der Waals surface area contributed by atoms with E-state index in [2.05, 4.69) is 73.0 Å². The van der Waals surface area contributed by atoms with Gasteiger partial charge in [0.1, 0.15) is 18.8 Å². The van der Waals surface area contributed by atoms with Gasteiger partial charge < -0.3 is 48.9 Å². The number of nitrogens with zero attached hydrogens (tertiary/aromatic N) is 2. The summed E-state index contributed by atoms with van der Waals surface area (Å²) in [5, 5.41) is 6.18. The Hall–Kier alpha value is -5.64. The Morgan fingerprint density at radius 2 is 1.40 bits per heavy atom. The van der Waals surface area contributed by atoms with Crippen molar-refractivity contribution in [3.63, 3.8) is 0 Å². The van der Waals surface area contributed by atoms with Crippen LogP contribution in [-0.2, 0) is 49.4 Å². The minimum Gasteiger partial charge on any atom is -0.449 e. The number of hydrogen-bond acceptors (Lipinski definition) is 10. The quantitative estimate of drug-likeness (QED) is 0.0621. The maximum atomic E-state index is 14.7. The van der Waals surface area contributed by atoms with Gasteiger partial charge in [-0.1, -0.05) is 151 Å². The molecule has 4 aromatic carbocycles. The minimum absolute atomic E-state index is 0.000902. The van der Waals surface area contributed by atoms with Gasteiger partial charge in [0.25, 0.3) is 0 Å². The van der Waals surface area contributed by atoms with Gasteiger partial charge in [-0.05, 0) is 127 Å². The number of nitrogens with one attached hydrogen (secondary N) is 2. The SMILES string of the molecule is CC[C@H](C)[C@@H]([C@@H](CC(=O)N1CCC[C@H]1[C@H](OC)[C@@H](C)C(=O)N[C@H](C)[C@@H](OC1CCCC(COCc2ccc(C3C4CCCC3C4)cc2)O1)c1ccccc1)OC)N(C)C(=O)[C@@H](NC(=O)OCC1c2ccccc2-c2ccccc21)C(C)C. The van der Waals surface area contributed by atoms with Gasteiger partial charge in [-0.25, -0.2) is 4.79 Å². The maximum absolute atomic E-state index is 14.7. The van der Waals surface area contributed by atoms with Crippen molar-refractivity contribution in [2.45, 2.75) is 185 Å². The Bertz CT molecular complexity index is 2680. The van der Waals surface area contributed by atoms with E-state index in [0.29, 0.717) is 32.6 Å². The average Bonchev–Trinajstić information content (AvgIpc) is 3.76. The molecule has 2 aliphatic heterocycles. The summed E-state index contributed by atoms with van der Waals surface area (Å²) in [7, 11) is 4.91. The van der Waals surface area contributed by atoms with Crippen LogP contribution in [0, 0.1) is 29.6 Å². The molecule has 2 saturated heterocycles. The van der Waals surface area contributed by atoms with Crippen molar-refractivity contribution in [1.82, 2.24) is 20.4 Å². The second-order valence-corrected chi connectivity index (χ2v) is 24.6. The number of fused-ring (bicyclic) bond motifs is 5. The van der Waals surface area contributed by atoms with E-state index >= 15 is 0 Å². The molecule has 444 valence electrons. The van der Waals surface area contributed by atoms with E-state index in [0.717, 1.165) is 71.3 Å². The fraction of sp³-hybridized carbons (Fsp3) is 0.588. The number of methoxy groups -OCH3 is 2. The highest BCUT2D eigenvalue weighted by molar-refractivity contribution is 5.86. The van der Waals surface area contributed by atoms with Gasteiger partial charge in [0.05, 0.1) is 62.0 Å². The van der Waals surface area contributed by atoms with Crippen LogP contribution in [0.4, 0.5) is 4.79 Å². The average molecular weight is 1130 g/mol. The third-order valence-corrected chi connectivity index (χ3v) is 19.1. The summed E-state index contributed by atoms with van der Waals surface area (Å²) in [6.45, 7) is 13.3. The van der Waals surface area contributed by atoms with Crippen molar-refractivity contribution in [3.8, 4) is 11.1 Å². The van der Waals surface area contributed by atoms with Crippen molar-refractivity contribution in [1.29, 1.82) is 0 Å². The molecule has 0 radical (unpaired) electrons. The van der Waals surface area contributed by atoms with Crippen LogP contribution in [0.3, 0.4) is 0 Å². The van der Waals surface area contributed by atoms with E-state index in [1.165, 1.54) is 36.8 Å². The molecule has 4 aromatic rings. The van der Waals surface area contributed by atoms with Gasteiger partial charge in [-0.2, -0.15) is 0 Å². The number of likely N-dealkylation sites (N-methyl/N-ethyl adjacent to an activating group) is 1. The first-order valence-electron chi connectivity index (χ1n) is 30.7. The fourth-order valence-electron chi connectivity index (χ4n) is 14.4. The highest BCUT2D eigenvalue weighted by atomic mass is 16.7. The monoisotopic (exact) mass is 1120 g/mol. The summed E-state index contributed by atoms with van der Waals surface area (Å²) in [5.41, 5.74) is 8.05. The van der Waals surface area contributed by atoms with Gasteiger partial charge in [0.2, 0.25) is 17.7 Å². The topological polar surface area (TPSA) is 154 Å². The molecule has 4 amide bonds. The smallest absolute Gasteiger partial charge is 0.407 e. The molecule has 0 spiro atoms. The van der Waals surface area contributed by atoms with Crippen LogP contribution in [-0.4, -0.2) is 123 Å². The molecule has 2 bridgehead atoms. The van der Waals surface area contributed by atoms with Gasteiger partial charge in [-0.15, -0.1) is 0 Å². The van der Waals surface area contributed by atoms with Crippen LogP contribution in [0.25, 0.3) is 11.1 Å². The van der Waals surface area contributed by atoms with Crippen LogP contribution < -0.4 is 10.6 Å². The summed E-state index contributed by atoms with van der Waals surface area (Å²) in [5.74, 6) is 0.735. The van der Waals surface area contributed by atoms with E-state index < -0.39 is 54.7 Å². The van der Waals surface area contributed by atoms with Crippen LogP contribution in [0.2, 0.25) is 0 Å². The summed E-state index contributed by atoms with van der Waals surface area (Å²) in [4.78, 5) is 60.8. The summed E-state index contributed by atoms with van der Waals surface area (Å²) >= 11 is 0. The first-order chi connectivity index (χ1) is 39.7. The summed E-state index contributed by atoms with van der Waals surface area (Å²) in [6, 6.07) is 33.1. The highest BCUT2D eigenvalue weighted by Gasteiger charge is 2.45. The van der Waals surface area contributed by atoms with Crippen LogP contribution >= 0.6 is 0 Å². The van der Waals surface area contributed by atoms with Crippen LogP contribution in [0.5, 0.6) is 0 Å². The number of alkyl carbamates (subject to hydrolysis) is 1. The lowest BCUT2D eigenvalue weighted by Gasteiger charge is -2.50. The zero-order valence-corrected chi connectivity index (χ0v) is 50.1.